The van der Waals surface area contributed by atoms with E-state index in [-0.39, 0.29) is 12.5 Å². The third-order valence-corrected chi connectivity index (χ3v) is 5.45. The van der Waals surface area contributed by atoms with Gasteiger partial charge in [0.2, 0.25) is 0 Å². The molecule has 2 aromatic rings. The summed E-state index contributed by atoms with van der Waals surface area (Å²) < 4.78 is 15.7. The van der Waals surface area contributed by atoms with Gasteiger partial charge in [-0.25, -0.2) is 4.79 Å². The number of aromatic nitrogens is 1. The number of amides is 1. The molecular formula is C19H22N2O5S. The Balaban J connectivity index is 1.60. The minimum atomic E-state index is -0.501. The summed E-state index contributed by atoms with van der Waals surface area (Å²) in [5, 5.41) is 3.95. The van der Waals surface area contributed by atoms with Crippen molar-refractivity contribution in [1.82, 2.24) is 10.1 Å². The van der Waals surface area contributed by atoms with Crippen LogP contribution in [0.2, 0.25) is 0 Å². The van der Waals surface area contributed by atoms with Gasteiger partial charge in [-0.1, -0.05) is 17.3 Å². The van der Waals surface area contributed by atoms with Crippen LogP contribution < -0.4 is 0 Å². The van der Waals surface area contributed by atoms with E-state index >= 15 is 0 Å². The van der Waals surface area contributed by atoms with Gasteiger partial charge in [0.25, 0.3) is 5.91 Å². The lowest BCUT2D eigenvalue weighted by Crippen LogP contribution is -2.42. The summed E-state index contributed by atoms with van der Waals surface area (Å²) in [7, 11) is 0. The monoisotopic (exact) mass is 390 g/mol. The van der Waals surface area contributed by atoms with E-state index in [4.69, 9.17) is 14.0 Å². The van der Waals surface area contributed by atoms with E-state index in [1.54, 1.807) is 17.0 Å². The van der Waals surface area contributed by atoms with Gasteiger partial charge in [-0.3, -0.25) is 4.79 Å². The van der Waals surface area contributed by atoms with Crippen LogP contribution in [0.15, 0.2) is 33.7 Å². The van der Waals surface area contributed by atoms with Gasteiger partial charge in [0.1, 0.15) is 5.76 Å². The summed E-state index contributed by atoms with van der Waals surface area (Å²) in [6.45, 7) is 5.58. The summed E-state index contributed by atoms with van der Waals surface area (Å²) in [5.74, 6) is 0.709. The number of nitrogens with zero attached hydrogens (tertiary/aromatic N) is 2. The van der Waals surface area contributed by atoms with Gasteiger partial charge in [-0.15, -0.1) is 11.8 Å². The molecule has 0 saturated carbocycles. The van der Waals surface area contributed by atoms with Crippen molar-refractivity contribution in [3.05, 3.63) is 46.8 Å². The summed E-state index contributed by atoms with van der Waals surface area (Å²) in [4.78, 5) is 27.1. The van der Waals surface area contributed by atoms with E-state index in [2.05, 4.69) is 5.16 Å². The first-order valence-electron chi connectivity index (χ1n) is 8.72. The molecule has 3 rings (SSSR count). The molecule has 0 N–H and O–H groups in total. The fourth-order valence-electron chi connectivity index (χ4n) is 2.73. The van der Waals surface area contributed by atoms with Gasteiger partial charge in [0.15, 0.2) is 6.61 Å². The SMILES string of the molecule is Cc1noc(C)c1CSc1ccccc1C(=O)OCC(=O)N1CCOCC1. The third-order valence-electron chi connectivity index (χ3n) is 4.35. The fraction of sp³-hybridized carbons (Fsp3) is 0.421. The molecule has 1 fully saturated rings. The Morgan fingerprint density at radius 2 is 1.96 bits per heavy atom. The first-order valence-corrected chi connectivity index (χ1v) is 9.71. The Kier molecular flexibility index (Phi) is 6.52. The number of hydrogen-bond acceptors (Lipinski definition) is 7. The van der Waals surface area contributed by atoms with Crippen LogP contribution in [0.1, 0.15) is 27.4 Å². The Labute approximate surface area is 162 Å². The molecule has 0 bridgehead atoms. The number of esters is 1. The van der Waals surface area contributed by atoms with Gasteiger partial charge in [-0.2, -0.15) is 0 Å². The number of thioether (sulfide) groups is 1. The van der Waals surface area contributed by atoms with Gasteiger partial charge in [-0.05, 0) is 26.0 Å². The third kappa shape index (κ3) is 4.90. The highest BCUT2D eigenvalue weighted by atomic mass is 32.2. The Hall–Kier alpha value is -2.32. The van der Waals surface area contributed by atoms with E-state index in [0.29, 0.717) is 37.6 Å². The minimum absolute atomic E-state index is 0.201. The fourth-order valence-corrected chi connectivity index (χ4v) is 3.92. The van der Waals surface area contributed by atoms with Crippen molar-refractivity contribution >= 4 is 23.6 Å². The molecule has 0 aliphatic carbocycles. The van der Waals surface area contributed by atoms with Crippen LogP contribution >= 0.6 is 11.8 Å². The van der Waals surface area contributed by atoms with Crippen molar-refractivity contribution in [1.29, 1.82) is 0 Å². The maximum atomic E-state index is 12.5. The van der Waals surface area contributed by atoms with Crippen LogP contribution in [0.3, 0.4) is 0 Å². The number of hydrogen-bond donors (Lipinski definition) is 0. The van der Waals surface area contributed by atoms with Crippen LogP contribution in [0.4, 0.5) is 0 Å². The molecule has 1 aromatic heterocycles. The molecule has 1 aromatic carbocycles. The summed E-state index contributed by atoms with van der Waals surface area (Å²) >= 11 is 1.51. The van der Waals surface area contributed by atoms with Crippen molar-refractivity contribution in [2.75, 3.05) is 32.9 Å². The number of morpholine rings is 1. The smallest absolute Gasteiger partial charge is 0.339 e. The molecule has 0 unspecified atom stereocenters. The van der Waals surface area contributed by atoms with Crippen molar-refractivity contribution in [3.63, 3.8) is 0 Å². The van der Waals surface area contributed by atoms with Crippen molar-refractivity contribution in [2.24, 2.45) is 0 Å². The predicted octanol–water partition coefficient (Wildman–Crippen LogP) is 2.60. The average molecular weight is 390 g/mol. The molecule has 8 heteroatoms. The zero-order chi connectivity index (χ0) is 19.2. The molecule has 1 saturated heterocycles. The second-order valence-corrected chi connectivity index (χ2v) is 7.17. The Bertz CT molecular complexity index is 795. The van der Waals surface area contributed by atoms with Crippen molar-refractivity contribution in [2.45, 2.75) is 24.5 Å². The molecule has 2 heterocycles. The second kappa shape index (κ2) is 9.05. The highest BCUT2D eigenvalue weighted by molar-refractivity contribution is 7.98. The van der Waals surface area contributed by atoms with Crippen LogP contribution in [0, 0.1) is 13.8 Å². The van der Waals surface area contributed by atoms with Crippen molar-refractivity contribution in [3.8, 4) is 0 Å². The molecule has 0 radical (unpaired) electrons. The molecule has 27 heavy (non-hydrogen) atoms. The molecule has 0 atom stereocenters. The van der Waals surface area contributed by atoms with Crippen LogP contribution in [-0.4, -0.2) is 54.8 Å². The molecule has 0 spiro atoms. The zero-order valence-corrected chi connectivity index (χ0v) is 16.2. The summed E-state index contributed by atoms with van der Waals surface area (Å²) in [6, 6.07) is 7.21. The maximum absolute atomic E-state index is 12.5. The van der Waals surface area contributed by atoms with Crippen LogP contribution in [0.25, 0.3) is 0 Å². The van der Waals surface area contributed by atoms with E-state index < -0.39 is 5.97 Å². The topological polar surface area (TPSA) is 81.9 Å². The summed E-state index contributed by atoms with van der Waals surface area (Å²) in [5.41, 5.74) is 2.31. The average Bonchev–Trinajstić information content (AvgIpc) is 3.02. The molecule has 1 aliphatic heterocycles. The zero-order valence-electron chi connectivity index (χ0n) is 15.4. The largest absolute Gasteiger partial charge is 0.452 e. The van der Waals surface area contributed by atoms with Crippen LogP contribution in [-0.2, 0) is 20.0 Å². The normalized spacial score (nSPS) is 14.2. The number of rotatable bonds is 6. The number of ether oxygens (including phenoxy) is 2. The van der Waals surface area contributed by atoms with E-state index in [1.165, 1.54) is 11.8 Å². The maximum Gasteiger partial charge on any atom is 0.339 e. The molecule has 144 valence electrons. The van der Waals surface area contributed by atoms with Crippen molar-refractivity contribution < 1.29 is 23.6 Å². The number of aryl methyl sites for hydroxylation is 2. The lowest BCUT2D eigenvalue weighted by Gasteiger charge is -2.26. The molecule has 1 amide bonds. The standard InChI is InChI=1S/C19H22N2O5S/c1-13-16(14(2)26-20-13)12-27-17-6-4-3-5-15(17)19(23)25-11-18(22)21-7-9-24-10-8-21/h3-6H,7-12H2,1-2H3. The molecule has 1 aliphatic rings. The second-order valence-electron chi connectivity index (χ2n) is 6.16. The lowest BCUT2D eigenvalue weighted by atomic mass is 10.2. The number of carbonyl (C=O) groups is 2. The first kappa shape index (κ1) is 19.4. The molecular weight excluding hydrogens is 368 g/mol. The van der Waals surface area contributed by atoms with E-state index in [0.717, 1.165) is 21.9 Å². The first-order chi connectivity index (χ1) is 13.1. The minimum Gasteiger partial charge on any atom is -0.452 e. The van der Waals surface area contributed by atoms with Gasteiger partial charge in [0.05, 0.1) is 24.5 Å². The predicted molar refractivity (Wildman–Crippen MR) is 99.7 cm³/mol. The van der Waals surface area contributed by atoms with Gasteiger partial charge in [0, 0.05) is 29.3 Å². The Morgan fingerprint density at radius 3 is 2.67 bits per heavy atom. The lowest BCUT2D eigenvalue weighted by molar-refractivity contribution is -0.138. The highest BCUT2D eigenvalue weighted by Gasteiger charge is 2.20. The summed E-state index contributed by atoms with van der Waals surface area (Å²) in [6.07, 6.45) is 0. The van der Waals surface area contributed by atoms with Gasteiger partial charge >= 0.3 is 5.97 Å². The quantitative estimate of drug-likeness (QED) is 0.554. The number of carbonyl (C=O) groups excluding carboxylic acids is 2. The van der Waals surface area contributed by atoms with Crippen LogP contribution in [0.5, 0.6) is 0 Å². The van der Waals surface area contributed by atoms with E-state index in [1.807, 2.05) is 26.0 Å². The van der Waals surface area contributed by atoms with Gasteiger partial charge < -0.3 is 18.9 Å². The highest BCUT2D eigenvalue weighted by Crippen LogP contribution is 2.29. The Morgan fingerprint density at radius 1 is 1.22 bits per heavy atom. The molecule has 7 nitrogen and oxygen atoms in total. The van der Waals surface area contributed by atoms with E-state index in [9.17, 15) is 9.59 Å². The number of benzene rings is 1.